The van der Waals surface area contributed by atoms with Crippen molar-refractivity contribution in [3.05, 3.63) is 30.0 Å². The first-order valence-electron chi connectivity index (χ1n) is 12.0. The fourth-order valence-electron chi connectivity index (χ4n) is 5.02. The van der Waals surface area contributed by atoms with Gasteiger partial charge in [0.1, 0.15) is 11.4 Å². The molecule has 0 unspecified atom stereocenters. The second-order valence-corrected chi connectivity index (χ2v) is 9.25. The molecule has 2 fully saturated rings. The summed E-state index contributed by atoms with van der Waals surface area (Å²) in [5.74, 6) is 1.25. The Bertz CT molecular complexity index is 926. The molecule has 0 aliphatic carbocycles. The minimum Gasteiger partial charge on any atom is -0.497 e. The highest BCUT2D eigenvalue weighted by Gasteiger charge is 2.30. The first-order valence-corrected chi connectivity index (χ1v) is 12.0. The maximum Gasteiger partial charge on any atom is 0.270 e. The summed E-state index contributed by atoms with van der Waals surface area (Å²) in [7, 11) is 1.64. The second kappa shape index (κ2) is 10.4. The van der Waals surface area contributed by atoms with Crippen LogP contribution in [0.4, 0.5) is 0 Å². The highest BCUT2D eigenvalue weighted by atomic mass is 16.5. The lowest BCUT2D eigenvalue weighted by atomic mass is 9.84. The molecule has 4 rings (SSSR count). The van der Waals surface area contributed by atoms with E-state index in [0.717, 1.165) is 49.0 Å². The molecule has 32 heavy (non-hydrogen) atoms. The lowest BCUT2D eigenvalue weighted by molar-refractivity contribution is -0.126. The molecule has 1 atom stereocenters. The van der Waals surface area contributed by atoms with Crippen LogP contribution in [0.15, 0.2) is 24.3 Å². The Morgan fingerprint density at radius 2 is 1.91 bits per heavy atom. The minimum absolute atomic E-state index is 0.0143. The van der Waals surface area contributed by atoms with E-state index in [0.29, 0.717) is 24.7 Å². The number of ether oxygens (including phenoxy) is 1. The van der Waals surface area contributed by atoms with Gasteiger partial charge in [-0.1, -0.05) is 6.92 Å². The predicted molar refractivity (Wildman–Crippen MR) is 126 cm³/mol. The van der Waals surface area contributed by atoms with Crippen molar-refractivity contribution in [1.29, 1.82) is 0 Å². The number of nitrogens with one attached hydrogen (secondary N) is 2. The van der Waals surface area contributed by atoms with Gasteiger partial charge in [0.2, 0.25) is 5.91 Å². The summed E-state index contributed by atoms with van der Waals surface area (Å²) in [4.78, 5) is 33.2. The zero-order valence-electron chi connectivity index (χ0n) is 19.4. The van der Waals surface area contributed by atoms with Gasteiger partial charge in [-0.3, -0.25) is 9.59 Å². The lowest BCUT2D eigenvalue weighted by Crippen LogP contribution is -2.43. The van der Waals surface area contributed by atoms with Crippen LogP contribution in [0.2, 0.25) is 0 Å². The first kappa shape index (κ1) is 22.6. The summed E-state index contributed by atoms with van der Waals surface area (Å²) in [6.45, 7) is 7.65. The van der Waals surface area contributed by atoms with Crippen LogP contribution in [-0.4, -0.2) is 73.0 Å². The molecule has 3 heterocycles. The maximum atomic E-state index is 13.0. The topological polar surface area (TPSA) is 77.7 Å². The number of methoxy groups -OCH3 is 1. The number of likely N-dealkylation sites (tertiary alicyclic amines) is 2. The zero-order valence-corrected chi connectivity index (χ0v) is 19.4. The summed E-state index contributed by atoms with van der Waals surface area (Å²) < 4.78 is 5.27. The van der Waals surface area contributed by atoms with Crippen molar-refractivity contribution < 1.29 is 14.3 Å². The SMILES string of the molecule is COc1ccc2cc(C(=O)N3CCC([C@H](C)C(=O)NCCCN4CCCC4)CC3)[nH]c2c1. The Kier molecular flexibility index (Phi) is 7.35. The molecular weight excluding hydrogens is 404 g/mol. The Labute approximate surface area is 190 Å². The van der Waals surface area contributed by atoms with Crippen molar-refractivity contribution in [2.45, 2.75) is 39.0 Å². The predicted octanol–water partition coefficient (Wildman–Crippen LogP) is 3.27. The van der Waals surface area contributed by atoms with Crippen molar-refractivity contribution in [3.63, 3.8) is 0 Å². The molecule has 7 nitrogen and oxygen atoms in total. The van der Waals surface area contributed by atoms with E-state index in [2.05, 4.69) is 15.2 Å². The summed E-state index contributed by atoms with van der Waals surface area (Å²) in [6.07, 6.45) is 5.35. The van der Waals surface area contributed by atoms with Crippen LogP contribution in [0.5, 0.6) is 5.75 Å². The van der Waals surface area contributed by atoms with Gasteiger partial charge in [-0.15, -0.1) is 0 Å². The van der Waals surface area contributed by atoms with Gasteiger partial charge in [-0.05, 0) is 75.9 Å². The fraction of sp³-hybridized carbons (Fsp3) is 0.600. The summed E-state index contributed by atoms with van der Waals surface area (Å²) in [5, 5.41) is 4.13. The molecule has 0 radical (unpaired) electrons. The van der Waals surface area contributed by atoms with E-state index in [1.165, 1.54) is 25.9 Å². The molecule has 2 saturated heterocycles. The van der Waals surface area contributed by atoms with Crippen LogP contribution in [-0.2, 0) is 4.79 Å². The Balaban J connectivity index is 1.23. The largest absolute Gasteiger partial charge is 0.497 e. The van der Waals surface area contributed by atoms with Gasteiger partial charge >= 0.3 is 0 Å². The number of hydrogen-bond acceptors (Lipinski definition) is 4. The van der Waals surface area contributed by atoms with Crippen LogP contribution < -0.4 is 10.1 Å². The highest BCUT2D eigenvalue weighted by Crippen LogP contribution is 2.27. The number of H-pyrrole nitrogens is 1. The standard InChI is InChI=1S/C25H36N4O3/c1-18(24(30)26-10-5-13-28-11-3-4-12-28)19-8-14-29(15-9-19)25(31)23-16-20-6-7-21(32-2)17-22(20)27-23/h6-7,16-19,27H,3-5,8-15H2,1-2H3,(H,26,30)/t18-/m0/s1. The second-order valence-electron chi connectivity index (χ2n) is 9.25. The molecule has 0 spiro atoms. The van der Waals surface area contributed by atoms with Gasteiger partial charge in [0.15, 0.2) is 0 Å². The molecule has 2 aliphatic heterocycles. The van der Waals surface area contributed by atoms with Crippen LogP contribution in [0, 0.1) is 11.8 Å². The minimum atomic E-state index is -0.0143. The van der Waals surface area contributed by atoms with E-state index in [9.17, 15) is 9.59 Å². The average Bonchev–Trinajstić information content (AvgIpc) is 3.50. The number of amides is 2. The quantitative estimate of drug-likeness (QED) is 0.618. The maximum absolute atomic E-state index is 13.0. The number of aromatic nitrogens is 1. The van der Waals surface area contributed by atoms with Crippen molar-refractivity contribution in [3.8, 4) is 5.75 Å². The summed E-state index contributed by atoms with van der Waals surface area (Å²) in [6, 6.07) is 7.67. The monoisotopic (exact) mass is 440 g/mol. The Morgan fingerprint density at radius 3 is 2.62 bits per heavy atom. The first-order chi connectivity index (χ1) is 15.5. The Hall–Kier alpha value is -2.54. The number of carbonyl (C=O) groups is 2. The van der Waals surface area contributed by atoms with E-state index in [1.54, 1.807) is 7.11 Å². The number of aromatic amines is 1. The van der Waals surface area contributed by atoms with Gasteiger partial charge in [-0.25, -0.2) is 0 Å². The molecule has 2 aliphatic rings. The molecule has 0 bridgehead atoms. The summed E-state index contributed by atoms with van der Waals surface area (Å²) >= 11 is 0. The van der Waals surface area contributed by atoms with Crippen LogP contribution in [0.25, 0.3) is 10.9 Å². The Morgan fingerprint density at radius 1 is 1.16 bits per heavy atom. The van der Waals surface area contributed by atoms with E-state index in [4.69, 9.17) is 4.74 Å². The van der Waals surface area contributed by atoms with E-state index in [1.807, 2.05) is 36.1 Å². The molecular formula is C25H36N4O3. The zero-order chi connectivity index (χ0) is 22.5. The number of rotatable bonds is 8. The van der Waals surface area contributed by atoms with Crippen molar-refractivity contribution >= 4 is 22.7 Å². The number of hydrogen-bond donors (Lipinski definition) is 2. The molecule has 0 saturated carbocycles. The van der Waals surface area contributed by atoms with Crippen LogP contribution in [0.3, 0.4) is 0 Å². The highest BCUT2D eigenvalue weighted by molar-refractivity contribution is 5.98. The van der Waals surface area contributed by atoms with Gasteiger partial charge < -0.3 is 24.8 Å². The summed E-state index contributed by atoms with van der Waals surface area (Å²) in [5.41, 5.74) is 1.51. The molecule has 1 aromatic heterocycles. The number of nitrogens with zero attached hydrogens (tertiary/aromatic N) is 2. The van der Waals surface area contributed by atoms with E-state index >= 15 is 0 Å². The third kappa shape index (κ3) is 5.26. The normalized spacial score (nSPS) is 18.8. The number of benzene rings is 1. The van der Waals surface area contributed by atoms with Gasteiger partial charge in [0.25, 0.3) is 5.91 Å². The molecule has 2 aromatic rings. The number of fused-ring (bicyclic) bond motifs is 1. The molecule has 1 aromatic carbocycles. The number of carbonyl (C=O) groups excluding carboxylic acids is 2. The average molecular weight is 441 g/mol. The molecule has 7 heteroatoms. The van der Waals surface area contributed by atoms with Gasteiger partial charge in [-0.2, -0.15) is 0 Å². The van der Waals surface area contributed by atoms with Gasteiger partial charge in [0, 0.05) is 42.5 Å². The smallest absolute Gasteiger partial charge is 0.270 e. The number of piperidine rings is 1. The van der Waals surface area contributed by atoms with Crippen molar-refractivity contribution in [2.24, 2.45) is 11.8 Å². The van der Waals surface area contributed by atoms with Crippen molar-refractivity contribution in [1.82, 2.24) is 20.1 Å². The fourth-order valence-corrected chi connectivity index (χ4v) is 5.02. The lowest BCUT2D eigenvalue weighted by Gasteiger charge is -2.34. The molecule has 2 N–H and O–H groups in total. The van der Waals surface area contributed by atoms with E-state index < -0.39 is 0 Å². The van der Waals surface area contributed by atoms with E-state index in [-0.39, 0.29) is 17.7 Å². The molecule has 2 amide bonds. The molecule has 174 valence electrons. The van der Waals surface area contributed by atoms with Gasteiger partial charge in [0.05, 0.1) is 7.11 Å². The third-order valence-electron chi connectivity index (χ3n) is 7.16. The van der Waals surface area contributed by atoms with Crippen LogP contribution in [0.1, 0.15) is 49.5 Å². The van der Waals surface area contributed by atoms with Crippen molar-refractivity contribution in [2.75, 3.05) is 46.4 Å². The third-order valence-corrected chi connectivity index (χ3v) is 7.16. The van der Waals surface area contributed by atoms with Crippen LogP contribution >= 0.6 is 0 Å².